The highest BCUT2D eigenvalue weighted by atomic mass is 19.4. The van der Waals surface area contributed by atoms with Crippen LogP contribution in [-0.2, 0) is 4.79 Å². The molecule has 1 amide bonds. The monoisotopic (exact) mass is 302 g/mol. The van der Waals surface area contributed by atoms with E-state index < -0.39 is 6.36 Å². The minimum absolute atomic E-state index is 0.0926. The van der Waals surface area contributed by atoms with Gasteiger partial charge < -0.3 is 9.47 Å². The Morgan fingerprint density at radius 1 is 1.24 bits per heavy atom. The molecular weight excluding hydrogens is 289 g/mol. The van der Waals surface area contributed by atoms with Crippen molar-refractivity contribution in [3.8, 4) is 11.5 Å². The molecule has 0 saturated heterocycles. The van der Waals surface area contributed by atoms with Crippen LogP contribution in [0, 0.1) is 0 Å². The van der Waals surface area contributed by atoms with Gasteiger partial charge in [0.05, 0.1) is 13.0 Å². The minimum atomic E-state index is -4.71. The molecule has 1 heterocycles. The van der Waals surface area contributed by atoms with Gasteiger partial charge in [-0.1, -0.05) is 0 Å². The molecule has 5 nitrogen and oxygen atoms in total. The average Bonchev–Trinajstić information content (AvgIpc) is 2.68. The summed E-state index contributed by atoms with van der Waals surface area (Å²) in [5.74, 6) is -0.0216. The molecule has 0 radical (unpaired) electrons. The van der Waals surface area contributed by atoms with Crippen molar-refractivity contribution in [3.05, 3.63) is 24.3 Å². The molecule has 0 fully saturated rings. The third-order valence-electron chi connectivity index (χ3n) is 2.62. The molecule has 1 aliphatic heterocycles. The van der Waals surface area contributed by atoms with Crippen LogP contribution in [0.4, 0.5) is 13.2 Å². The predicted molar refractivity (Wildman–Crippen MR) is 68.1 cm³/mol. The van der Waals surface area contributed by atoms with E-state index >= 15 is 0 Å². The molecule has 0 spiro atoms. The Morgan fingerprint density at radius 3 is 2.38 bits per heavy atom. The van der Waals surface area contributed by atoms with E-state index in [2.05, 4.69) is 9.84 Å². The Morgan fingerprint density at radius 2 is 1.86 bits per heavy atom. The highest BCUT2D eigenvalue weighted by Gasteiger charge is 2.31. The second-order valence-electron chi connectivity index (χ2n) is 4.40. The highest BCUT2D eigenvalue weighted by molar-refractivity contribution is 6.03. The molecule has 0 aromatic heterocycles. The summed E-state index contributed by atoms with van der Waals surface area (Å²) in [6.07, 6.45) is -4.40. The number of benzene rings is 1. The normalized spacial score (nSPS) is 15.1. The van der Waals surface area contributed by atoms with Gasteiger partial charge in [0.15, 0.2) is 0 Å². The first-order chi connectivity index (χ1) is 9.83. The number of halogens is 3. The maximum absolute atomic E-state index is 12.0. The van der Waals surface area contributed by atoms with E-state index in [1.165, 1.54) is 17.1 Å². The van der Waals surface area contributed by atoms with E-state index in [-0.39, 0.29) is 24.8 Å². The van der Waals surface area contributed by atoms with E-state index in [4.69, 9.17) is 4.74 Å². The summed E-state index contributed by atoms with van der Waals surface area (Å²) in [7, 11) is 0. The van der Waals surface area contributed by atoms with Gasteiger partial charge in [-0.2, -0.15) is 5.10 Å². The second kappa shape index (κ2) is 6.02. The van der Waals surface area contributed by atoms with Gasteiger partial charge in [-0.25, -0.2) is 5.01 Å². The molecular formula is C13H13F3N2O3. The van der Waals surface area contributed by atoms with Gasteiger partial charge in [0, 0.05) is 5.71 Å². The quantitative estimate of drug-likeness (QED) is 0.840. The average molecular weight is 302 g/mol. The van der Waals surface area contributed by atoms with Gasteiger partial charge in [0.2, 0.25) is 5.91 Å². The third-order valence-corrected chi connectivity index (χ3v) is 2.62. The van der Waals surface area contributed by atoms with Crippen LogP contribution in [0.1, 0.15) is 13.3 Å². The summed E-state index contributed by atoms with van der Waals surface area (Å²) in [4.78, 5) is 11.4. The zero-order valence-electron chi connectivity index (χ0n) is 11.2. The standard InChI is InChI=1S/C13H13F3N2O3/c1-9-8-12(19)18(17-9)6-7-20-10-2-4-11(5-3-10)21-13(14,15)16/h2-5H,6-8H2,1H3. The molecule has 1 aliphatic rings. The lowest BCUT2D eigenvalue weighted by atomic mass is 10.3. The van der Waals surface area contributed by atoms with Crippen LogP contribution in [0.15, 0.2) is 29.4 Å². The number of hydrogen-bond acceptors (Lipinski definition) is 4. The molecule has 0 unspecified atom stereocenters. The Hall–Kier alpha value is -2.25. The van der Waals surface area contributed by atoms with Crippen molar-refractivity contribution in [1.29, 1.82) is 0 Å². The first-order valence-corrected chi connectivity index (χ1v) is 6.16. The van der Waals surface area contributed by atoms with E-state index in [0.29, 0.717) is 12.2 Å². The van der Waals surface area contributed by atoms with Crippen LogP contribution >= 0.6 is 0 Å². The van der Waals surface area contributed by atoms with Crippen LogP contribution in [0.5, 0.6) is 11.5 Å². The van der Waals surface area contributed by atoms with Crippen LogP contribution < -0.4 is 9.47 Å². The summed E-state index contributed by atoms with van der Waals surface area (Å²) in [5.41, 5.74) is 0.744. The molecule has 0 N–H and O–H groups in total. The largest absolute Gasteiger partial charge is 0.573 e. The lowest BCUT2D eigenvalue weighted by Gasteiger charge is -2.13. The number of alkyl halides is 3. The van der Waals surface area contributed by atoms with Crippen molar-refractivity contribution < 1.29 is 27.4 Å². The Kier molecular flexibility index (Phi) is 4.35. The van der Waals surface area contributed by atoms with Crippen LogP contribution in [0.3, 0.4) is 0 Å². The molecule has 114 valence electrons. The fraction of sp³-hybridized carbons (Fsp3) is 0.385. The number of hydrogen-bond donors (Lipinski definition) is 0. The molecule has 0 aliphatic carbocycles. The molecule has 1 aromatic carbocycles. The molecule has 8 heteroatoms. The highest BCUT2D eigenvalue weighted by Crippen LogP contribution is 2.24. The Labute approximate surface area is 118 Å². The molecule has 2 rings (SSSR count). The Bertz CT molecular complexity index is 541. The molecule has 1 aromatic rings. The van der Waals surface area contributed by atoms with Crippen molar-refractivity contribution in [2.75, 3.05) is 13.2 Å². The molecule has 0 bridgehead atoms. The fourth-order valence-corrected chi connectivity index (χ4v) is 1.77. The number of amides is 1. The summed E-state index contributed by atoms with van der Waals surface area (Å²) in [6.45, 7) is 2.25. The summed E-state index contributed by atoms with van der Waals surface area (Å²) >= 11 is 0. The summed E-state index contributed by atoms with van der Waals surface area (Å²) < 4.78 is 45.0. The van der Waals surface area contributed by atoms with Crippen molar-refractivity contribution in [1.82, 2.24) is 5.01 Å². The number of nitrogens with zero attached hydrogens (tertiary/aromatic N) is 2. The van der Waals surface area contributed by atoms with Crippen molar-refractivity contribution in [2.45, 2.75) is 19.7 Å². The zero-order valence-corrected chi connectivity index (χ0v) is 11.2. The van der Waals surface area contributed by atoms with Gasteiger partial charge in [-0.15, -0.1) is 13.2 Å². The first-order valence-electron chi connectivity index (χ1n) is 6.16. The lowest BCUT2D eigenvalue weighted by Crippen LogP contribution is -2.26. The topological polar surface area (TPSA) is 51.1 Å². The van der Waals surface area contributed by atoms with Crippen molar-refractivity contribution in [3.63, 3.8) is 0 Å². The summed E-state index contributed by atoms with van der Waals surface area (Å²) in [5, 5.41) is 5.35. The van der Waals surface area contributed by atoms with Crippen molar-refractivity contribution in [2.24, 2.45) is 5.10 Å². The second-order valence-corrected chi connectivity index (χ2v) is 4.40. The lowest BCUT2D eigenvalue weighted by molar-refractivity contribution is -0.274. The number of carbonyl (C=O) groups excluding carboxylic acids is 1. The number of rotatable bonds is 5. The van der Waals surface area contributed by atoms with Gasteiger partial charge in [-0.3, -0.25) is 4.79 Å². The molecule has 0 atom stereocenters. The molecule has 21 heavy (non-hydrogen) atoms. The maximum atomic E-state index is 12.0. The predicted octanol–water partition coefficient (Wildman–Crippen LogP) is 2.57. The Balaban J connectivity index is 1.80. The maximum Gasteiger partial charge on any atom is 0.573 e. The first kappa shape index (κ1) is 15.1. The summed E-state index contributed by atoms with van der Waals surface area (Å²) in [6, 6.07) is 5.04. The fourth-order valence-electron chi connectivity index (χ4n) is 1.77. The van der Waals surface area contributed by atoms with Gasteiger partial charge in [0.25, 0.3) is 0 Å². The van der Waals surface area contributed by atoms with Crippen LogP contribution in [0.2, 0.25) is 0 Å². The SMILES string of the molecule is CC1=NN(CCOc2ccc(OC(F)(F)F)cc2)C(=O)C1. The van der Waals surface area contributed by atoms with Crippen LogP contribution in [-0.4, -0.2) is 36.1 Å². The third kappa shape index (κ3) is 4.66. The van der Waals surface area contributed by atoms with E-state index in [9.17, 15) is 18.0 Å². The van der Waals surface area contributed by atoms with Gasteiger partial charge >= 0.3 is 6.36 Å². The van der Waals surface area contributed by atoms with E-state index in [1.54, 1.807) is 6.92 Å². The van der Waals surface area contributed by atoms with Crippen LogP contribution in [0.25, 0.3) is 0 Å². The number of hydrazone groups is 1. The number of ether oxygens (including phenoxy) is 2. The van der Waals surface area contributed by atoms with Gasteiger partial charge in [-0.05, 0) is 31.2 Å². The number of carbonyl (C=O) groups is 1. The smallest absolute Gasteiger partial charge is 0.492 e. The minimum Gasteiger partial charge on any atom is -0.492 e. The van der Waals surface area contributed by atoms with Gasteiger partial charge in [0.1, 0.15) is 18.1 Å². The van der Waals surface area contributed by atoms with E-state index in [0.717, 1.165) is 17.8 Å². The molecule has 0 saturated carbocycles. The van der Waals surface area contributed by atoms with Crippen molar-refractivity contribution >= 4 is 11.6 Å². The zero-order chi connectivity index (χ0) is 15.5. The van der Waals surface area contributed by atoms with E-state index in [1.807, 2.05) is 0 Å².